The normalized spacial score (nSPS) is 14.1. The van der Waals surface area contributed by atoms with Crippen LogP contribution in [0.25, 0.3) is 0 Å². The van der Waals surface area contributed by atoms with Crippen LogP contribution < -0.4 is 15.2 Å². The molecule has 1 aromatic carbocycles. The van der Waals surface area contributed by atoms with E-state index in [9.17, 15) is 19.2 Å². The van der Waals surface area contributed by atoms with Crippen molar-refractivity contribution < 1.29 is 42.9 Å². The Bertz CT molecular complexity index is 947. The fraction of sp³-hybridized carbons (Fsp3) is 0.655. The highest BCUT2D eigenvalue weighted by Gasteiger charge is 2.23. The Kier molecular flexibility index (Phi) is 15.2. The molecule has 10 heteroatoms. The number of carbonyl (C=O) groups is 4. The Balaban J connectivity index is 2.88. The van der Waals surface area contributed by atoms with Gasteiger partial charge in [-0.2, -0.15) is 0 Å². The highest BCUT2D eigenvalue weighted by Crippen LogP contribution is 2.31. The quantitative estimate of drug-likeness (QED) is 0.221. The van der Waals surface area contributed by atoms with Crippen molar-refractivity contribution in [3.8, 4) is 11.5 Å². The fourth-order valence-corrected chi connectivity index (χ4v) is 3.47. The van der Waals surface area contributed by atoms with Gasteiger partial charge in [0.2, 0.25) is 0 Å². The number of ether oxygens (including phenoxy) is 5. The van der Waals surface area contributed by atoms with E-state index < -0.39 is 36.2 Å². The Morgan fingerprint density at radius 2 is 1.33 bits per heavy atom. The van der Waals surface area contributed by atoms with Crippen LogP contribution in [0.15, 0.2) is 18.2 Å². The molecule has 0 amide bonds. The van der Waals surface area contributed by atoms with Crippen molar-refractivity contribution in [2.24, 2.45) is 23.5 Å². The van der Waals surface area contributed by atoms with Crippen molar-refractivity contribution in [3.05, 3.63) is 23.8 Å². The van der Waals surface area contributed by atoms with Gasteiger partial charge in [-0.15, -0.1) is 0 Å². The lowest BCUT2D eigenvalue weighted by Gasteiger charge is -2.18. The average Bonchev–Trinajstić information content (AvgIpc) is 2.87. The zero-order valence-electron chi connectivity index (χ0n) is 24.3. The molecule has 4 atom stereocenters. The molecule has 0 saturated carbocycles. The number of rotatable bonds is 16. The summed E-state index contributed by atoms with van der Waals surface area (Å²) >= 11 is 0. The van der Waals surface area contributed by atoms with E-state index >= 15 is 0 Å². The first-order valence-electron chi connectivity index (χ1n) is 13.7. The lowest BCUT2D eigenvalue weighted by Crippen LogP contribution is -2.36. The summed E-state index contributed by atoms with van der Waals surface area (Å²) in [5.74, 6) is -1.85. The lowest BCUT2D eigenvalue weighted by molar-refractivity contribution is -0.148. The molecule has 0 aromatic heterocycles. The fourth-order valence-electron chi connectivity index (χ4n) is 3.47. The van der Waals surface area contributed by atoms with Crippen molar-refractivity contribution in [2.45, 2.75) is 92.7 Å². The van der Waals surface area contributed by atoms with Crippen molar-refractivity contribution in [1.82, 2.24) is 0 Å². The summed E-state index contributed by atoms with van der Waals surface area (Å²) < 4.78 is 26.3. The summed E-state index contributed by atoms with van der Waals surface area (Å²) in [5.41, 5.74) is 6.63. The van der Waals surface area contributed by atoms with E-state index in [2.05, 4.69) is 0 Å². The summed E-state index contributed by atoms with van der Waals surface area (Å²) in [5, 5.41) is 0. The first-order chi connectivity index (χ1) is 18.4. The van der Waals surface area contributed by atoms with Crippen LogP contribution in [0.4, 0.5) is 4.79 Å². The minimum Gasteiger partial charge on any atom is -0.461 e. The number of carbonyl (C=O) groups excluding carboxylic acids is 4. The maximum atomic E-state index is 12.6. The third-order valence-electron chi connectivity index (χ3n) is 5.73. The predicted molar refractivity (Wildman–Crippen MR) is 145 cm³/mol. The van der Waals surface area contributed by atoms with Crippen LogP contribution >= 0.6 is 0 Å². The van der Waals surface area contributed by atoms with E-state index in [0.29, 0.717) is 18.4 Å². The van der Waals surface area contributed by atoms with Crippen molar-refractivity contribution >= 4 is 24.1 Å². The van der Waals surface area contributed by atoms with Crippen LogP contribution in [0.5, 0.6) is 11.5 Å². The largest absolute Gasteiger partial charge is 0.508 e. The van der Waals surface area contributed by atoms with Gasteiger partial charge < -0.3 is 29.4 Å². The third-order valence-corrected chi connectivity index (χ3v) is 5.73. The van der Waals surface area contributed by atoms with Gasteiger partial charge in [0.05, 0.1) is 18.4 Å². The molecule has 220 valence electrons. The van der Waals surface area contributed by atoms with E-state index in [4.69, 9.17) is 29.4 Å². The molecule has 0 spiro atoms. The minimum atomic E-state index is -1.04. The Morgan fingerprint density at radius 1 is 0.769 bits per heavy atom. The smallest absolute Gasteiger partial charge is 0.461 e. The van der Waals surface area contributed by atoms with Crippen LogP contribution in [0.2, 0.25) is 0 Å². The first kappa shape index (κ1) is 33.9. The maximum Gasteiger partial charge on any atom is 0.508 e. The Labute approximate surface area is 231 Å². The molecule has 2 unspecified atom stereocenters. The number of benzene rings is 1. The van der Waals surface area contributed by atoms with Crippen molar-refractivity contribution in [3.63, 3.8) is 0 Å². The Hall–Kier alpha value is -3.14. The zero-order valence-corrected chi connectivity index (χ0v) is 24.3. The van der Waals surface area contributed by atoms with Crippen LogP contribution in [0.3, 0.4) is 0 Å². The van der Waals surface area contributed by atoms with Crippen LogP contribution in [-0.2, 0) is 35.0 Å². The number of hydrogen-bond acceptors (Lipinski definition) is 10. The molecule has 10 nitrogen and oxygen atoms in total. The van der Waals surface area contributed by atoms with E-state index in [0.717, 1.165) is 12.8 Å². The van der Waals surface area contributed by atoms with Gasteiger partial charge in [0, 0.05) is 0 Å². The molecular weight excluding hydrogens is 506 g/mol. The van der Waals surface area contributed by atoms with E-state index in [-0.39, 0.29) is 48.9 Å². The molecular formula is C29H45NO9. The highest BCUT2D eigenvalue weighted by molar-refractivity contribution is 5.79. The standard InChI is InChI=1S/C29H45NO9/c1-8-10-19(5)26(31)38-24-13-12-22(15-25(24)39-27(32)20(6)11-9-2)14-23(30)28(33)35-17-21(7)37-29(34)36-16-18(3)4/h12-13,15,18-21,23H,8-11,14,16-17,30H2,1-7H3/t19?,20?,21-,23-/m0/s1. The van der Waals surface area contributed by atoms with Gasteiger partial charge in [0.1, 0.15) is 18.8 Å². The molecule has 2 N–H and O–H groups in total. The first-order valence-corrected chi connectivity index (χ1v) is 13.7. The van der Waals surface area contributed by atoms with E-state index in [1.165, 1.54) is 12.1 Å². The highest BCUT2D eigenvalue weighted by atomic mass is 16.7. The van der Waals surface area contributed by atoms with Gasteiger partial charge in [0.25, 0.3) is 0 Å². The molecule has 0 aliphatic carbocycles. The molecule has 0 fully saturated rings. The van der Waals surface area contributed by atoms with Gasteiger partial charge in [-0.05, 0) is 49.8 Å². The van der Waals surface area contributed by atoms with Gasteiger partial charge in [-0.3, -0.25) is 14.4 Å². The zero-order chi connectivity index (χ0) is 29.5. The maximum absolute atomic E-state index is 12.6. The van der Waals surface area contributed by atoms with Crippen LogP contribution in [0, 0.1) is 17.8 Å². The lowest BCUT2D eigenvalue weighted by atomic mass is 10.0. The topological polar surface area (TPSA) is 140 Å². The molecule has 0 aliphatic rings. The second-order valence-corrected chi connectivity index (χ2v) is 10.3. The summed E-state index contributed by atoms with van der Waals surface area (Å²) in [6, 6.07) is 3.66. The molecule has 0 aliphatic heterocycles. The second-order valence-electron chi connectivity index (χ2n) is 10.3. The van der Waals surface area contributed by atoms with Crippen LogP contribution in [0.1, 0.15) is 79.7 Å². The van der Waals surface area contributed by atoms with E-state index in [1.807, 2.05) is 27.7 Å². The summed E-state index contributed by atoms with van der Waals surface area (Å²) in [6.07, 6.45) is 1.46. The number of esters is 3. The summed E-state index contributed by atoms with van der Waals surface area (Å²) in [7, 11) is 0. The van der Waals surface area contributed by atoms with Gasteiger partial charge in [0.15, 0.2) is 11.5 Å². The molecule has 39 heavy (non-hydrogen) atoms. The number of hydrogen-bond donors (Lipinski definition) is 1. The summed E-state index contributed by atoms with van der Waals surface area (Å²) in [6.45, 7) is 12.9. The van der Waals surface area contributed by atoms with Crippen molar-refractivity contribution in [1.29, 1.82) is 0 Å². The molecule has 1 rings (SSSR count). The molecule has 0 bridgehead atoms. The monoisotopic (exact) mass is 551 g/mol. The SMILES string of the molecule is CCCC(C)C(=O)Oc1ccc(C[C@H](N)C(=O)OC[C@H](C)OC(=O)OCC(C)C)cc1OC(=O)C(C)CCC. The van der Waals surface area contributed by atoms with Gasteiger partial charge >= 0.3 is 24.1 Å². The van der Waals surface area contributed by atoms with Crippen molar-refractivity contribution in [2.75, 3.05) is 13.2 Å². The van der Waals surface area contributed by atoms with E-state index in [1.54, 1.807) is 26.8 Å². The van der Waals surface area contributed by atoms with Gasteiger partial charge in [-0.1, -0.05) is 60.5 Å². The predicted octanol–water partition coefficient (Wildman–Crippen LogP) is 4.98. The molecule has 0 saturated heterocycles. The molecule has 0 radical (unpaired) electrons. The molecule has 1 aromatic rings. The number of nitrogens with two attached hydrogens (primary N) is 1. The van der Waals surface area contributed by atoms with Gasteiger partial charge in [-0.25, -0.2) is 4.79 Å². The average molecular weight is 552 g/mol. The summed E-state index contributed by atoms with van der Waals surface area (Å²) in [4.78, 5) is 49.2. The third kappa shape index (κ3) is 13.0. The molecule has 0 heterocycles. The Morgan fingerprint density at radius 3 is 1.87 bits per heavy atom. The second kappa shape index (κ2) is 17.4. The minimum absolute atomic E-state index is 0.0695. The van der Waals surface area contributed by atoms with Crippen LogP contribution in [-0.4, -0.2) is 49.4 Å².